The number of amides is 4. The van der Waals surface area contributed by atoms with Gasteiger partial charge in [-0.3, -0.25) is 18.8 Å². The number of primary amides is 1. The van der Waals surface area contributed by atoms with Crippen molar-refractivity contribution in [3.8, 4) is 5.69 Å². The number of carbonyl (C=O) groups is 5. The van der Waals surface area contributed by atoms with Gasteiger partial charge in [-0.15, -0.1) is 5.10 Å². The smallest absolute Gasteiger partial charge is 0.326 e. The Kier molecular flexibility index (Phi) is 11.3. The molecule has 15 heteroatoms. The summed E-state index contributed by atoms with van der Waals surface area (Å²) < 4.78 is 14.1. The maximum absolute atomic E-state index is 13.4. The van der Waals surface area contributed by atoms with Crippen LogP contribution >= 0.6 is 0 Å². The molecule has 0 aliphatic rings. The Bertz CT molecular complexity index is 1760. The molecule has 0 aliphatic heterocycles. The molecule has 1 heterocycles. The third kappa shape index (κ3) is 9.94. The van der Waals surface area contributed by atoms with E-state index in [1.807, 2.05) is 0 Å². The number of aryl methyl sites for hydroxylation is 2. The SMILES string of the molecule is NC(=O)N[C@@H](Cc1ccc(NC(=O)c2cc(C(=O)Nc3ccc(CCC(=O)O)cc3)cc(-n3cc(CCCF)nn3)c2)cc1)C(=O)O. The first kappa shape index (κ1) is 33.8. The van der Waals surface area contributed by atoms with Gasteiger partial charge in [-0.1, -0.05) is 29.5 Å². The van der Waals surface area contributed by atoms with Crippen LogP contribution in [-0.2, 0) is 28.9 Å². The van der Waals surface area contributed by atoms with Crippen molar-refractivity contribution in [3.63, 3.8) is 0 Å². The number of rotatable bonds is 15. The third-order valence-electron chi connectivity index (χ3n) is 6.92. The van der Waals surface area contributed by atoms with E-state index in [0.29, 0.717) is 41.2 Å². The van der Waals surface area contributed by atoms with E-state index in [1.165, 1.54) is 22.9 Å². The molecule has 4 aromatic rings. The molecule has 0 saturated carbocycles. The zero-order valence-corrected chi connectivity index (χ0v) is 25.0. The second kappa shape index (κ2) is 15.7. The summed E-state index contributed by atoms with van der Waals surface area (Å²) in [6.45, 7) is -0.515. The minimum Gasteiger partial charge on any atom is -0.481 e. The second-order valence-corrected chi connectivity index (χ2v) is 10.5. The topological polar surface area (TPSA) is 219 Å². The first-order valence-electron chi connectivity index (χ1n) is 14.4. The Balaban J connectivity index is 1.56. The summed E-state index contributed by atoms with van der Waals surface area (Å²) in [6.07, 6.45) is 2.48. The fraction of sp³-hybridized carbons (Fsp3) is 0.219. The van der Waals surface area contributed by atoms with E-state index in [2.05, 4.69) is 26.3 Å². The first-order valence-corrected chi connectivity index (χ1v) is 14.4. The summed E-state index contributed by atoms with van der Waals surface area (Å²) in [5.41, 5.74) is 8.36. The summed E-state index contributed by atoms with van der Waals surface area (Å²) in [5, 5.41) is 34.0. The number of carboxylic acids is 2. The van der Waals surface area contributed by atoms with Crippen molar-refractivity contribution < 1.29 is 38.6 Å². The van der Waals surface area contributed by atoms with Crippen molar-refractivity contribution >= 4 is 41.2 Å². The predicted molar refractivity (Wildman–Crippen MR) is 168 cm³/mol. The highest BCUT2D eigenvalue weighted by Crippen LogP contribution is 2.20. The molecule has 3 aromatic carbocycles. The summed E-state index contributed by atoms with van der Waals surface area (Å²) in [6, 6.07) is 15.2. The molecule has 244 valence electrons. The average Bonchev–Trinajstić information content (AvgIpc) is 3.52. The average molecular weight is 646 g/mol. The van der Waals surface area contributed by atoms with Gasteiger partial charge in [0.25, 0.3) is 11.8 Å². The highest BCUT2D eigenvalue weighted by molar-refractivity contribution is 6.09. The van der Waals surface area contributed by atoms with Crippen molar-refractivity contribution in [2.75, 3.05) is 17.3 Å². The Morgan fingerprint density at radius 1 is 0.830 bits per heavy atom. The van der Waals surface area contributed by atoms with Gasteiger partial charge in [0.05, 0.1) is 24.3 Å². The number of halogens is 1. The molecule has 0 spiro atoms. The number of urea groups is 1. The van der Waals surface area contributed by atoms with E-state index < -0.39 is 42.5 Å². The van der Waals surface area contributed by atoms with Crippen molar-refractivity contribution in [1.29, 1.82) is 0 Å². The van der Waals surface area contributed by atoms with E-state index >= 15 is 0 Å². The Hall–Kier alpha value is -6.12. The zero-order valence-electron chi connectivity index (χ0n) is 25.0. The number of hydrogen-bond acceptors (Lipinski definition) is 7. The lowest BCUT2D eigenvalue weighted by Crippen LogP contribution is -2.44. The number of aliphatic carboxylic acids is 2. The summed E-state index contributed by atoms with van der Waals surface area (Å²) in [4.78, 5) is 60.1. The van der Waals surface area contributed by atoms with E-state index in [-0.39, 0.29) is 30.4 Å². The van der Waals surface area contributed by atoms with Crippen molar-refractivity contribution in [2.24, 2.45) is 5.73 Å². The molecule has 0 aliphatic carbocycles. The van der Waals surface area contributed by atoms with E-state index in [0.717, 1.165) is 5.56 Å². The second-order valence-electron chi connectivity index (χ2n) is 10.5. The number of anilines is 2. The van der Waals surface area contributed by atoms with Crippen LogP contribution in [0.1, 0.15) is 50.4 Å². The molecule has 47 heavy (non-hydrogen) atoms. The maximum atomic E-state index is 13.4. The van der Waals surface area contributed by atoms with Gasteiger partial charge in [-0.2, -0.15) is 0 Å². The monoisotopic (exact) mass is 645 g/mol. The number of benzene rings is 3. The first-order chi connectivity index (χ1) is 22.5. The molecule has 0 fully saturated rings. The molecule has 0 radical (unpaired) electrons. The van der Waals surface area contributed by atoms with Crippen LogP contribution in [0.4, 0.5) is 20.6 Å². The standard InChI is InChI=1S/C32H32FN7O7/c33-13-1-2-25-18-40(39-38-25)26-16-21(29(43)35-23-8-3-19(4-9-23)7-12-28(41)42)15-22(17-26)30(44)36-24-10-5-20(6-11-24)14-27(31(45)46)37-32(34)47/h3-6,8-11,15-18,27H,1-2,7,12-14H2,(H,35,43)(H,36,44)(H,41,42)(H,45,46)(H3,34,37,47)/t27-/m0/s1. The van der Waals surface area contributed by atoms with Gasteiger partial charge >= 0.3 is 18.0 Å². The van der Waals surface area contributed by atoms with Crippen LogP contribution < -0.4 is 21.7 Å². The molecular formula is C32H32FN7O7. The van der Waals surface area contributed by atoms with Crippen LogP contribution in [0.5, 0.6) is 0 Å². The molecule has 4 amide bonds. The molecule has 1 atom stereocenters. The van der Waals surface area contributed by atoms with Crippen LogP contribution in [0.15, 0.2) is 72.9 Å². The highest BCUT2D eigenvalue weighted by Gasteiger charge is 2.20. The van der Waals surface area contributed by atoms with Gasteiger partial charge in [0, 0.05) is 35.3 Å². The van der Waals surface area contributed by atoms with Crippen LogP contribution in [0.25, 0.3) is 5.69 Å². The number of aromatic nitrogens is 3. The van der Waals surface area contributed by atoms with Crippen LogP contribution in [0.3, 0.4) is 0 Å². The maximum Gasteiger partial charge on any atom is 0.326 e. The number of alkyl halides is 1. The van der Waals surface area contributed by atoms with Crippen LogP contribution in [0.2, 0.25) is 0 Å². The Morgan fingerprint density at radius 2 is 1.40 bits per heavy atom. The van der Waals surface area contributed by atoms with E-state index in [4.69, 9.17) is 10.8 Å². The quantitative estimate of drug-likeness (QED) is 0.111. The van der Waals surface area contributed by atoms with Crippen LogP contribution in [0, 0.1) is 0 Å². The minimum absolute atomic E-state index is 0.0229. The van der Waals surface area contributed by atoms with Gasteiger partial charge in [0.1, 0.15) is 6.04 Å². The Morgan fingerprint density at radius 3 is 1.91 bits per heavy atom. The number of carboxylic acid groups (broad SMARTS) is 2. The lowest BCUT2D eigenvalue weighted by atomic mass is 10.0. The van der Waals surface area contributed by atoms with E-state index in [1.54, 1.807) is 54.7 Å². The molecule has 7 N–H and O–H groups in total. The molecular weight excluding hydrogens is 613 g/mol. The number of nitrogens with two attached hydrogens (primary N) is 1. The third-order valence-corrected chi connectivity index (χ3v) is 6.92. The number of hydrogen-bond donors (Lipinski definition) is 6. The summed E-state index contributed by atoms with van der Waals surface area (Å²) in [7, 11) is 0. The lowest BCUT2D eigenvalue weighted by molar-refractivity contribution is -0.139. The molecule has 0 unspecified atom stereocenters. The van der Waals surface area contributed by atoms with Crippen molar-refractivity contribution in [3.05, 3.63) is 101 Å². The largest absolute Gasteiger partial charge is 0.481 e. The van der Waals surface area contributed by atoms with Gasteiger partial charge in [0.15, 0.2) is 0 Å². The van der Waals surface area contributed by atoms with Gasteiger partial charge < -0.3 is 31.9 Å². The molecule has 14 nitrogen and oxygen atoms in total. The number of nitrogens with one attached hydrogen (secondary N) is 3. The fourth-order valence-corrected chi connectivity index (χ4v) is 4.54. The lowest BCUT2D eigenvalue weighted by Gasteiger charge is -2.14. The van der Waals surface area contributed by atoms with Crippen molar-refractivity contribution in [2.45, 2.75) is 38.1 Å². The zero-order chi connectivity index (χ0) is 33.9. The number of nitrogens with zero attached hydrogens (tertiary/aromatic N) is 3. The van der Waals surface area contributed by atoms with Gasteiger partial charge in [-0.25, -0.2) is 14.3 Å². The molecule has 4 rings (SSSR count). The molecule has 1 aromatic heterocycles. The number of carbonyl (C=O) groups excluding carboxylic acids is 3. The predicted octanol–water partition coefficient (Wildman–Crippen LogP) is 3.36. The normalized spacial score (nSPS) is 11.3. The highest BCUT2D eigenvalue weighted by atomic mass is 19.1. The van der Waals surface area contributed by atoms with Gasteiger partial charge in [0.2, 0.25) is 0 Å². The minimum atomic E-state index is -1.25. The molecule has 0 saturated heterocycles. The van der Waals surface area contributed by atoms with Crippen molar-refractivity contribution in [1.82, 2.24) is 20.3 Å². The fourth-order valence-electron chi connectivity index (χ4n) is 4.54. The molecule has 0 bridgehead atoms. The van der Waals surface area contributed by atoms with Gasteiger partial charge in [-0.05, 0) is 72.9 Å². The summed E-state index contributed by atoms with van der Waals surface area (Å²) in [5.74, 6) is -3.26. The Labute approximate surface area is 267 Å². The van der Waals surface area contributed by atoms with Crippen LogP contribution in [-0.4, -0.2) is 67.7 Å². The summed E-state index contributed by atoms with van der Waals surface area (Å²) >= 11 is 0. The van der Waals surface area contributed by atoms with E-state index in [9.17, 15) is 33.5 Å².